The van der Waals surface area contributed by atoms with Crippen LogP contribution in [0.4, 0.5) is 0 Å². The van der Waals surface area contributed by atoms with Gasteiger partial charge in [-0.15, -0.1) is 11.3 Å². The highest BCUT2D eigenvalue weighted by molar-refractivity contribution is 7.15. The van der Waals surface area contributed by atoms with Gasteiger partial charge in [0.05, 0.1) is 29.6 Å². The smallest absolute Gasteiger partial charge is 0.160 e. The highest BCUT2D eigenvalue weighted by atomic mass is 32.1. The van der Waals surface area contributed by atoms with E-state index in [4.69, 9.17) is 9.47 Å². The molecule has 2 heterocycles. The third kappa shape index (κ3) is 2.96. The number of hydrogen-bond donors (Lipinski definition) is 0. The minimum absolute atomic E-state index is 0.107. The summed E-state index contributed by atoms with van der Waals surface area (Å²) < 4.78 is 11.0. The lowest BCUT2D eigenvalue weighted by molar-refractivity contribution is -0.120. The maximum atomic E-state index is 11.1. The van der Waals surface area contributed by atoms with E-state index in [0.717, 1.165) is 42.7 Å². The number of thiophene rings is 1. The second kappa shape index (κ2) is 6.02. The maximum Gasteiger partial charge on any atom is 0.160 e. The Bertz CT molecular complexity index is 683. The van der Waals surface area contributed by atoms with Crippen molar-refractivity contribution in [1.29, 1.82) is 0 Å². The first-order valence-electron chi connectivity index (χ1n) is 6.99. The first-order valence-corrected chi connectivity index (χ1v) is 7.80. The number of hydrogen-bond acceptors (Lipinski definition) is 5. The highest BCUT2D eigenvalue weighted by Gasteiger charge is 2.34. The highest BCUT2D eigenvalue weighted by Crippen LogP contribution is 2.32. The number of benzene rings is 1. The van der Waals surface area contributed by atoms with Crippen LogP contribution in [0.25, 0.3) is 11.1 Å². The van der Waals surface area contributed by atoms with Crippen molar-refractivity contribution in [2.24, 2.45) is 5.41 Å². The summed E-state index contributed by atoms with van der Waals surface area (Å²) in [5.41, 5.74) is 1.79. The molecular formula is C17H16O4S. The number of rotatable bonds is 6. The summed E-state index contributed by atoms with van der Waals surface area (Å²) in [6.45, 7) is 4.22. The molecule has 3 rings (SSSR count). The van der Waals surface area contributed by atoms with Crippen LogP contribution in [0.2, 0.25) is 0 Å². The standard InChI is InChI=1S/C17H16O4S/c1-17(9-20-10-17)11-21-13-4-2-12(3-5-13)15-6-14(7-18)22-16(15)8-19/h2-8H,9-11H2,1H3. The number of ether oxygens (including phenoxy) is 2. The van der Waals surface area contributed by atoms with Gasteiger partial charge in [0.2, 0.25) is 0 Å². The fourth-order valence-electron chi connectivity index (χ4n) is 2.32. The van der Waals surface area contributed by atoms with Crippen LogP contribution in [0.3, 0.4) is 0 Å². The molecule has 1 aromatic carbocycles. The van der Waals surface area contributed by atoms with Crippen molar-refractivity contribution in [2.45, 2.75) is 6.92 Å². The van der Waals surface area contributed by atoms with Crippen LogP contribution >= 0.6 is 11.3 Å². The molecule has 1 aliphatic heterocycles. The van der Waals surface area contributed by atoms with E-state index in [0.29, 0.717) is 16.4 Å². The van der Waals surface area contributed by atoms with E-state index >= 15 is 0 Å². The van der Waals surface area contributed by atoms with Gasteiger partial charge in [-0.2, -0.15) is 0 Å². The normalized spacial score (nSPS) is 15.9. The summed E-state index contributed by atoms with van der Waals surface area (Å²) in [6.07, 6.45) is 1.55. The van der Waals surface area contributed by atoms with Crippen LogP contribution in [0.5, 0.6) is 5.75 Å². The number of carbonyl (C=O) groups excluding carboxylic acids is 2. The second-order valence-electron chi connectivity index (χ2n) is 5.78. The van der Waals surface area contributed by atoms with Gasteiger partial charge in [-0.3, -0.25) is 9.59 Å². The summed E-state index contributed by atoms with van der Waals surface area (Å²) in [6, 6.07) is 9.30. The summed E-state index contributed by atoms with van der Waals surface area (Å²) in [7, 11) is 0. The summed E-state index contributed by atoms with van der Waals surface area (Å²) in [5, 5.41) is 0. The molecule has 1 saturated heterocycles. The first-order chi connectivity index (χ1) is 10.6. The van der Waals surface area contributed by atoms with Crippen molar-refractivity contribution in [2.75, 3.05) is 19.8 Å². The molecule has 1 fully saturated rings. The molecule has 5 heteroatoms. The molecule has 0 saturated carbocycles. The quantitative estimate of drug-likeness (QED) is 0.766. The minimum atomic E-state index is 0.107. The third-order valence-corrected chi connectivity index (χ3v) is 4.64. The molecule has 2 aromatic rings. The van der Waals surface area contributed by atoms with Gasteiger partial charge in [0.25, 0.3) is 0 Å². The second-order valence-corrected chi connectivity index (χ2v) is 6.89. The zero-order valence-electron chi connectivity index (χ0n) is 12.2. The topological polar surface area (TPSA) is 52.6 Å². The summed E-state index contributed by atoms with van der Waals surface area (Å²) in [5.74, 6) is 0.787. The SMILES string of the molecule is CC1(COc2ccc(-c3cc(C=O)sc3C=O)cc2)COC1. The van der Waals surface area contributed by atoms with E-state index in [-0.39, 0.29) is 5.41 Å². The monoisotopic (exact) mass is 316 g/mol. The van der Waals surface area contributed by atoms with Crippen LogP contribution in [-0.2, 0) is 4.74 Å². The number of carbonyl (C=O) groups is 2. The Labute approximate surface area is 132 Å². The zero-order chi connectivity index (χ0) is 15.6. The van der Waals surface area contributed by atoms with Crippen molar-refractivity contribution in [3.63, 3.8) is 0 Å². The molecule has 22 heavy (non-hydrogen) atoms. The van der Waals surface area contributed by atoms with Gasteiger partial charge in [-0.1, -0.05) is 19.1 Å². The molecule has 4 nitrogen and oxygen atoms in total. The summed E-state index contributed by atoms with van der Waals surface area (Å²) in [4.78, 5) is 23.1. The van der Waals surface area contributed by atoms with Gasteiger partial charge in [0, 0.05) is 11.0 Å². The Morgan fingerprint density at radius 3 is 2.50 bits per heavy atom. The average molecular weight is 316 g/mol. The molecule has 0 radical (unpaired) electrons. The fraction of sp³-hybridized carbons (Fsp3) is 0.294. The van der Waals surface area contributed by atoms with Crippen LogP contribution < -0.4 is 4.74 Å². The molecule has 0 atom stereocenters. The number of aldehydes is 2. The Hall–Kier alpha value is -1.98. The molecule has 0 spiro atoms. The van der Waals surface area contributed by atoms with E-state index in [9.17, 15) is 9.59 Å². The van der Waals surface area contributed by atoms with Gasteiger partial charge >= 0.3 is 0 Å². The van der Waals surface area contributed by atoms with E-state index in [1.165, 1.54) is 11.3 Å². The van der Waals surface area contributed by atoms with Crippen molar-refractivity contribution in [1.82, 2.24) is 0 Å². The maximum absolute atomic E-state index is 11.1. The third-order valence-electron chi connectivity index (χ3n) is 3.66. The lowest BCUT2D eigenvalue weighted by Crippen LogP contribution is -2.44. The van der Waals surface area contributed by atoms with Gasteiger partial charge in [0.1, 0.15) is 5.75 Å². The minimum Gasteiger partial charge on any atom is -0.493 e. The molecule has 0 aliphatic carbocycles. The Kier molecular flexibility index (Phi) is 4.09. The van der Waals surface area contributed by atoms with Gasteiger partial charge in [0.15, 0.2) is 12.6 Å². The first kappa shape index (κ1) is 14.9. The zero-order valence-corrected chi connectivity index (χ0v) is 13.0. The predicted octanol–water partition coefficient (Wildman–Crippen LogP) is 3.46. The van der Waals surface area contributed by atoms with Crippen LogP contribution in [0.15, 0.2) is 30.3 Å². The van der Waals surface area contributed by atoms with Crippen LogP contribution in [0.1, 0.15) is 26.3 Å². The molecule has 1 aromatic heterocycles. The van der Waals surface area contributed by atoms with Crippen LogP contribution in [-0.4, -0.2) is 32.4 Å². The summed E-state index contributed by atoms with van der Waals surface area (Å²) >= 11 is 1.20. The van der Waals surface area contributed by atoms with Gasteiger partial charge < -0.3 is 9.47 Å². The molecule has 0 amide bonds. The van der Waals surface area contributed by atoms with E-state index in [1.807, 2.05) is 24.3 Å². The molecule has 1 aliphatic rings. The molecule has 0 N–H and O–H groups in total. The van der Waals surface area contributed by atoms with Crippen molar-refractivity contribution >= 4 is 23.9 Å². The molecular weight excluding hydrogens is 300 g/mol. The van der Waals surface area contributed by atoms with Gasteiger partial charge in [-0.05, 0) is 23.8 Å². The fourth-order valence-corrected chi connectivity index (χ4v) is 3.13. The largest absolute Gasteiger partial charge is 0.493 e. The molecule has 114 valence electrons. The Balaban J connectivity index is 1.74. The average Bonchev–Trinajstić information content (AvgIpc) is 2.95. The molecule has 0 bridgehead atoms. The van der Waals surface area contributed by atoms with Crippen LogP contribution in [0, 0.1) is 5.41 Å². The Morgan fingerprint density at radius 1 is 1.23 bits per heavy atom. The van der Waals surface area contributed by atoms with E-state index < -0.39 is 0 Å². The predicted molar refractivity (Wildman–Crippen MR) is 85.0 cm³/mol. The van der Waals surface area contributed by atoms with Gasteiger partial charge in [-0.25, -0.2) is 0 Å². The lowest BCUT2D eigenvalue weighted by Gasteiger charge is -2.37. The van der Waals surface area contributed by atoms with E-state index in [2.05, 4.69) is 6.92 Å². The van der Waals surface area contributed by atoms with Crippen molar-refractivity contribution in [3.8, 4) is 16.9 Å². The van der Waals surface area contributed by atoms with Crippen molar-refractivity contribution in [3.05, 3.63) is 40.1 Å². The lowest BCUT2D eigenvalue weighted by atomic mass is 9.90. The van der Waals surface area contributed by atoms with E-state index in [1.54, 1.807) is 6.07 Å². The van der Waals surface area contributed by atoms with Crippen molar-refractivity contribution < 1.29 is 19.1 Å². The Morgan fingerprint density at radius 2 is 1.95 bits per heavy atom. The molecule has 0 unspecified atom stereocenters.